The molecule has 2 N–H and O–H groups in total. The zero-order chi connectivity index (χ0) is 12.5. The quantitative estimate of drug-likeness (QED) is 0.696. The first-order valence-electron chi connectivity index (χ1n) is 5.79. The van der Waals surface area contributed by atoms with Crippen LogP contribution in [0.4, 0.5) is 5.69 Å². The number of ether oxygens (including phenoxy) is 1. The Balaban J connectivity index is 2.22. The van der Waals surface area contributed by atoms with Gasteiger partial charge in [-0.1, -0.05) is 12.1 Å². The van der Waals surface area contributed by atoms with E-state index < -0.39 is 0 Å². The Labute approximate surface area is 105 Å². The molecule has 18 heavy (non-hydrogen) atoms. The predicted molar refractivity (Wildman–Crippen MR) is 74.2 cm³/mol. The minimum atomic E-state index is 0.769. The molecule has 0 atom stereocenters. The zero-order valence-electron chi connectivity index (χ0n) is 10.1. The molecular formula is C15H14N2O. The predicted octanol–water partition coefficient (Wildman–Crippen LogP) is 3.22. The molecule has 3 rings (SSSR count). The molecule has 0 saturated carbocycles. The van der Waals surface area contributed by atoms with Crippen molar-refractivity contribution in [3.8, 4) is 11.4 Å². The van der Waals surface area contributed by atoms with Gasteiger partial charge in [-0.15, -0.1) is 0 Å². The van der Waals surface area contributed by atoms with Gasteiger partial charge in [-0.2, -0.15) is 0 Å². The highest BCUT2D eigenvalue weighted by Crippen LogP contribution is 2.26. The van der Waals surface area contributed by atoms with E-state index in [1.54, 1.807) is 7.11 Å². The summed E-state index contributed by atoms with van der Waals surface area (Å²) in [6, 6.07) is 15.9. The molecule has 0 aliphatic rings. The first-order valence-corrected chi connectivity index (χ1v) is 5.79. The van der Waals surface area contributed by atoms with E-state index in [9.17, 15) is 0 Å². The first kappa shape index (κ1) is 10.7. The second-order valence-corrected chi connectivity index (χ2v) is 4.17. The Morgan fingerprint density at radius 1 is 1.06 bits per heavy atom. The molecule has 0 amide bonds. The SMILES string of the molecule is COc1ccc2c(ccn2-c2ccccc2N)c1. The van der Waals surface area contributed by atoms with E-state index in [1.165, 1.54) is 0 Å². The topological polar surface area (TPSA) is 40.2 Å². The zero-order valence-corrected chi connectivity index (χ0v) is 10.1. The van der Waals surface area contributed by atoms with Gasteiger partial charge in [0.05, 0.1) is 24.0 Å². The smallest absolute Gasteiger partial charge is 0.119 e. The molecule has 0 aliphatic carbocycles. The third kappa shape index (κ3) is 1.61. The molecule has 2 aromatic carbocycles. The summed E-state index contributed by atoms with van der Waals surface area (Å²) in [5.41, 5.74) is 8.90. The van der Waals surface area contributed by atoms with Crippen LogP contribution in [-0.4, -0.2) is 11.7 Å². The van der Waals surface area contributed by atoms with E-state index in [1.807, 2.05) is 48.7 Å². The number of anilines is 1. The summed E-state index contributed by atoms with van der Waals surface area (Å²) in [7, 11) is 1.67. The maximum absolute atomic E-state index is 6.01. The fourth-order valence-corrected chi connectivity index (χ4v) is 2.16. The van der Waals surface area contributed by atoms with E-state index in [-0.39, 0.29) is 0 Å². The van der Waals surface area contributed by atoms with Crippen molar-refractivity contribution < 1.29 is 4.74 Å². The number of hydrogen-bond donors (Lipinski definition) is 1. The lowest BCUT2D eigenvalue weighted by Gasteiger charge is -2.08. The van der Waals surface area contributed by atoms with Crippen LogP contribution in [0.2, 0.25) is 0 Å². The van der Waals surface area contributed by atoms with Crippen LogP contribution in [0.15, 0.2) is 54.7 Å². The van der Waals surface area contributed by atoms with Crippen molar-refractivity contribution in [3.05, 3.63) is 54.7 Å². The van der Waals surface area contributed by atoms with Crippen LogP contribution < -0.4 is 10.5 Å². The van der Waals surface area contributed by atoms with Crippen LogP contribution in [0.3, 0.4) is 0 Å². The molecule has 90 valence electrons. The van der Waals surface area contributed by atoms with Gasteiger partial charge in [-0.3, -0.25) is 0 Å². The number of nitrogens with two attached hydrogens (primary N) is 1. The minimum absolute atomic E-state index is 0.769. The van der Waals surface area contributed by atoms with E-state index >= 15 is 0 Å². The number of aromatic nitrogens is 1. The van der Waals surface area contributed by atoms with Gasteiger partial charge < -0.3 is 15.0 Å². The average molecular weight is 238 g/mol. The number of fused-ring (bicyclic) bond motifs is 1. The van der Waals surface area contributed by atoms with Crippen molar-refractivity contribution in [1.29, 1.82) is 0 Å². The van der Waals surface area contributed by atoms with Gasteiger partial charge in [0.15, 0.2) is 0 Å². The molecule has 1 aromatic heterocycles. The summed E-state index contributed by atoms with van der Waals surface area (Å²) in [6.07, 6.45) is 2.02. The normalized spacial score (nSPS) is 10.7. The Bertz CT molecular complexity index is 701. The van der Waals surface area contributed by atoms with Gasteiger partial charge in [0.2, 0.25) is 0 Å². The number of nitrogens with zero attached hydrogens (tertiary/aromatic N) is 1. The molecule has 0 unspecified atom stereocenters. The van der Waals surface area contributed by atoms with E-state index in [2.05, 4.69) is 10.6 Å². The van der Waals surface area contributed by atoms with Crippen molar-refractivity contribution in [3.63, 3.8) is 0 Å². The van der Waals surface area contributed by atoms with Crippen molar-refractivity contribution >= 4 is 16.6 Å². The van der Waals surface area contributed by atoms with Gasteiger partial charge in [0.25, 0.3) is 0 Å². The standard InChI is InChI=1S/C15H14N2O/c1-18-12-6-7-14-11(10-12)8-9-17(14)15-5-3-2-4-13(15)16/h2-10H,16H2,1H3. The van der Waals surface area contributed by atoms with Gasteiger partial charge >= 0.3 is 0 Å². The van der Waals surface area contributed by atoms with Crippen molar-refractivity contribution in [1.82, 2.24) is 4.57 Å². The number of hydrogen-bond acceptors (Lipinski definition) is 2. The summed E-state index contributed by atoms with van der Waals surface area (Å²) < 4.78 is 7.31. The van der Waals surface area contributed by atoms with Crippen LogP contribution in [-0.2, 0) is 0 Å². The molecule has 0 fully saturated rings. The summed E-state index contributed by atoms with van der Waals surface area (Å²) in [6.45, 7) is 0. The van der Waals surface area contributed by atoms with Crippen LogP contribution >= 0.6 is 0 Å². The van der Waals surface area contributed by atoms with Crippen LogP contribution in [0.1, 0.15) is 0 Å². The maximum atomic E-state index is 6.01. The molecule has 0 saturated heterocycles. The molecule has 3 aromatic rings. The average Bonchev–Trinajstić information content (AvgIpc) is 2.82. The number of para-hydroxylation sites is 2. The van der Waals surface area contributed by atoms with E-state index in [0.717, 1.165) is 28.0 Å². The van der Waals surface area contributed by atoms with Gasteiger partial charge in [0.1, 0.15) is 5.75 Å². The van der Waals surface area contributed by atoms with Gasteiger partial charge in [-0.05, 0) is 36.4 Å². The van der Waals surface area contributed by atoms with Crippen LogP contribution in [0.5, 0.6) is 5.75 Å². The second-order valence-electron chi connectivity index (χ2n) is 4.17. The third-order valence-corrected chi connectivity index (χ3v) is 3.09. The highest BCUT2D eigenvalue weighted by molar-refractivity contribution is 5.84. The lowest BCUT2D eigenvalue weighted by molar-refractivity contribution is 0.415. The largest absolute Gasteiger partial charge is 0.497 e. The molecule has 0 spiro atoms. The van der Waals surface area contributed by atoms with Gasteiger partial charge in [0, 0.05) is 11.6 Å². The molecule has 3 heteroatoms. The molecular weight excluding hydrogens is 224 g/mol. The molecule has 1 heterocycles. The first-order chi connectivity index (χ1) is 8.79. The Kier molecular flexibility index (Phi) is 2.45. The van der Waals surface area contributed by atoms with E-state index in [4.69, 9.17) is 10.5 Å². The highest BCUT2D eigenvalue weighted by Gasteiger charge is 2.06. The summed E-state index contributed by atoms with van der Waals surface area (Å²) >= 11 is 0. The lowest BCUT2D eigenvalue weighted by atomic mass is 10.2. The fourth-order valence-electron chi connectivity index (χ4n) is 2.16. The minimum Gasteiger partial charge on any atom is -0.497 e. The number of nitrogen functional groups attached to an aromatic ring is 1. The molecule has 0 radical (unpaired) electrons. The number of methoxy groups -OCH3 is 1. The fraction of sp³-hybridized carbons (Fsp3) is 0.0667. The Morgan fingerprint density at radius 2 is 1.89 bits per heavy atom. The third-order valence-electron chi connectivity index (χ3n) is 3.09. The second kappa shape index (κ2) is 4.11. The summed E-state index contributed by atoms with van der Waals surface area (Å²) in [5.74, 6) is 0.862. The Hall–Kier alpha value is -2.42. The van der Waals surface area contributed by atoms with Crippen LogP contribution in [0.25, 0.3) is 16.6 Å². The maximum Gasteiger partial charge on any atom is 0.119 e. The number of rotatable bonds is 2. The van der Waals surface area contributed by atoms with Crippen molar-refractivity contribution in [2.24, 2.45) is 0 Å². The Morgan fingerprint density at radius 3 is 2.67 bits per heavy atom. The van der Waals surface area contributed by atoms with Crippen molar-refractivity contribution in [2.45, 2.75) is 0 Å². The molecule has 0 bridgehead atoms. The monoisotopic (exact) mass is 238 g/mol. The highest BCUT2D eigenvalue weighted by atomic mass is 16.5. The summed E-state index contributed by atoms with van der Waals surface area (Å²) in [5, 5.41) is 1.14. The van der Waals surface area contributed by atoms with Crippen molar-refractivity contribution in [2.75, 3.05) is 12.8 Å². The lowest BCUT2D eigenvalue weighted by Crippen LogP contribution is -1.97. The molecule has 0 aliphatic heterocycles. The van der Waals surface area contributed by atoms with Crippen LogP contribution in [0, 0.1) is 0 Å². The van der Waals surface area contributed by atoms with Gasteiger partial charge in [-0.25, -0.2) is 0 Å². The molecule has 3 nitrogen and oxygen atoms in total. The number of benzene rings is 2. The summed E-state index contributed by atoms with van der Waals surface area (Å²) in [4.78, 5) is 0. The van der Waals surface area contributed by atoms with E-state index in [0.29, 0.717) is 0 Å².